The second kappa shape index (κ2) is 7.99. The van der Waals surface area contributed by atoms with E-state index in [1.165, 1.54) is 17.0 Å². The number of hydrogen-bond donors (Lipinski definition) is 0. The minimum Gasteiger partial charge on any atom is -0.497 e. The van der Waals surface area contributed by atoms with Gasteiger partial charge in [-0.05, 0) is 18.2 Å². The number of ether oxygens (including phenoxy) is 2. The Kier molecular flexibility index (Phi) is 5.25. The molecule has 0 saturated carbocycles. The summed E-state index contributed by atoms with van der Waals surface area (Å²) in [4.78, 5) is 19.3. The van der Waals surface area contributed by atoms with Gasteiger partial charge in [-0.1, -0.05) is 17.7 Å². The number of amides is 1. The maximum atomic E-state index is 13.4. The molecule has 1 saturated heterocycles. The lowest BCUT2D eigenvalue weighted by atomic mass is 10.0. The van der Waals surface area contributed by atoms with Gasteiger partial charge < -0.3 is 18.9 Å². The van der Waals surface area contributed by atoms with Crippen LogP contribution in [0.25, 0.3) is 11.5 Å². The average molecular weight is 480 g/mol. The summed E-state index contributed by atoms with van der Waals surface area (Å²) in [6.45, 7) is 0.624. The van der Waals surface area contributed by atoms with Crippen molar-refractivity contribution >= 4 is 17.5 Å². The van der Waals surface area contributed by atoms with Gasteiger partial charge >= 0.3 is 6.18 Å². The molecule has 2 bridgehead atoms. The van der Waals surface area contributed by atoms with Crippen molar-refractivity contribution in [3.05, 3.63) is 58.5 Å². The third-order valence-electron chi connectivity index (χ3n) is 5.75. The predicted molar refractivity (Wildman–Crippen MR) is 110 cm³/mol. The first-order valence-corrected chi connectivity index (χ1v) is 10.4. The molecular weight excluding hydrogens is 463 g/mol. The van der Waals surface area contributed by atoms with Crippen LogP contribution < -0.4 is 4.74 Å². The highest BCUT2D eigenvalue weighted by atomic mass is 35.5. The Labute approximate surface area is 190 Å². The van der Waals surface area contributed by atoms with Gasteiger partial charge in [0, 0.05) is 18.8 Å². The Bertz CT molecular complexity index is 1230. The van der Waals surface area contributed by atoms with E-state index in [-0.39, 0.29) is 25.3 Å². The van der Waals surface area contributed by atoms with E-state index in [1.54, 1.807) is 25.4 Å². The summed E-state index contributed by atoms with van der Waals surface area (Å²) >= 11 is 6.03. The van der Waals surface area contributed by atoms with E-state index in [2.05, 4.69) is 15.2 Å². The van der Waals surface area contributed by atoms with Crippen molar-refractivity contribution in [2.45, 2.75) is 24.8 Å². The molecule has 2 aliphatic heterocycles. The van der Waals surface area contributed by atoms with Gasteiger partial charge in [0.1, 0.15) is 17.5 Å². The molecule has 0 unspecified atom stereocenters. The molecule has 0 N–H and O–H groups in total. The Morgan fingerprint density at radius 2 is 2.06 bits per heavy atom. The van der Waals surface area contributed by atoms with E-state index in [1.807, 2.05) is 4.57 Å². The zero-order chi connectivity index (χ0) is 23.3. The number of morpholine rings is 1. The highest BCUT2D eigenvalue weighted by Crippen LogP contribution is 2.40. The topological polar surface area (TPSA) is 82.4 Å². The first-order chi connectivity index (χ1) is 15.8. The molecule has 33 heavy (non-hydrogen) atoms. The Hall–Kier alpha value is -3.18. The first-order valence-electron chi connectivity index (χ1n) is 9.99. The predicted octanol–water partition coefficient (Wildman–Crippen LogP) is 3.62. The number of fused-ring (bicyclic) bond motifs is 4. The van der Waals surface area contributed by atoms with Crippen LogP contribution in [0.15, 0.2) is 36.5 Å². The molecule has 12 heteroatoms. The lowest BCUT2D eigenvalue weighted by Crippen LogP contribution is -2.56. The fraction of sp³-hybridized carbons (Fsp3) is 0.333. The fourth-order valence-corrected chi connectivity index (χ4v) is 4.55. The Morgan fingerprint density at radius 3 is 2.82 bits per heavy atom. The highest BCUT2D eigenvalue weighted by molar-refractivity contribution is 6.34. The zero-order valence-corrected chi connectivity index (χ0v) is 18.0. The quantitative estimate of drug-likeness (QED) is 0.570. The number of alkyl halides is 3. The number of aromatic nitrogens is 4. The second-order valence-electron chi connectivity index (χ2n) is 7.66. The number of pyridine rings is 1. The monoisotopic (exact) mass is 479 g/mol. The summed E-state index contributed by atoms with van der Waals surface area (Å²) in [6, 6.07) is 5.66. The van der Waals surface area contributed by atoms with Crippen molar-refractivity contribution in [3.8, 4) is 17.3 Å². The van der Waals surface area contributed by atoms with Gasteiger partial charge in [-0.3, -0.25) is 9.78 Å². The number of methoxy groups -OCH3 is 1. The molecule has 2 atom stereocenters. The second-order valence-corrected chi connectivity index (χ2v) is 8.04. The van der Waals surface area contributed by atoms with Gasteiger partial charge in [0.05, 0.1) is 42.5 Å². The van der Waals surface area contributed by atoms with Gasteiger partial charge in [0.25, 0.3) is 5.91 Å². The van der Waals surface area contributed by atoms with E-state index in [9.17, 15) is 18.0 Å². The normalized spacial score (nSPS) is 19.8. The number of halogens is 4. The number of rotatable bonds is 3. The summed E-state index contributed by atoms with van der Waals surface area (Å²) in [5.74, 6) is 0.958. The zero-order valence-electron chi connectivity index (χ0n) is 17.2. The maximum absolute atomic E-state index is 13.4. The number of nitrogens with zero attached hydrogens (tertiary/aromatic N) is 5. The number of benzene rings is 1. The third kappa shape index (κ3) is 3.61. The minimum absolute atomic E-state index is 0.127. The van der Waals surface area contributed by atoms with E-state index < -0.39 is 34.8 Å². The molecule has 8 nitrogen and oxygen atoms in total. The maximum Gasteiger partial charge on any atom is 0.417 e. The Morgan fingerprint density at radius 1 is 1.24 bits per heavy atom. The molecule has 0 radical (unpaired) electrons. The van der Waals surface area contributed by atoms with Crippen LogP contribution in [0.1, 0.15) is 27.8 Å². The fourth-order valence-electron chi connectivity index (χ4n) is 4.24. The molecule has 172 valence electrons. The van der Waals surface area contributed by atoms with Crippen molar-refractivity contribution in [1.29, 1.82) is 0 Å². The summed E-state index contributed by atoms with van der Waals surface area (Å²) < 4.78 is 52.7. The van der Waals surface area contributed by atoms with E-state index in [4.69, 9.17) is 21.1 Å². The molecular formula is C21H17ClF3N5O3. The van der Waals surface area contributed by atoms with Crippen LogP contribution in [0, 0.1) is 0 Å². The lowest BCUT2D eigenvalue weighted by molar-refractivity contribution is -0.137. The van der Waals surface area contributed by atoms with Crippen molar-refractivity contribution in [3.63, 3.8) is 0 Å². The van der Waals surface area contributed by atoms with Gasteiger partial charge in [0.15, 0.2) is 11.6 Å². The van der Waals surface area contributed by atoms with Crippen molar-refractivity contribution in [1.82, 2.24) is 24.6 Å². The van der Waals surface area contributed by atoms with Gasteiger partial charge in [-0.15, -0.1) is 10.2 Å². The summed E-state index contributed by atoms with van der Waals surface area (Å²) in [5.41, 5.74) is -0.721. The van der Waals surface area contributed by atoms with E-state index in [0.29, 0.717) is 23.1 Å². The molecule has 5 rings (SSSR count). The van der Waals surface area contributed by atoms with Crippen molar-refractivity contribution in [2.75, 3.05) is 20.3 Å². The molecule has 1 aromatic carbocycles. The molecule has 4 heterocycles. The number of carbonyl (C=O) groups excluding carboxylic acids is 1. The summed E-state index contributed by atoms with van der Waals surface area (Å²) in [7, 11) is 1.54. The van der Waals surface area contributed by atoms with Crippen LogP contribution in [-0.2, 0) is 17.5 Å². The number of carbonyl (C=O) groups is 1. The van der Waals surface area contributed by atoms with Crippen LogP contribution >= 0.6 is 11.6 Å². The Balaban J connectivity index is 1.54. The molecule has 2 aliphatic rings. The third-order valence-corrected chi connectivity index (χ3v) is 6.16. The highest BCUT2D eigenvalue weighted by Gasteiger charge is 2.45. The molecule has 1 fully saturated rings. The first kappa shape index (κ1) is 21.7. The minimum atomic E-state index is -4.67. The molecule has 0 spiro atoms. The van der Waals surface area contributed by atoms with Crippen molar-refractivity contribution in [2.24, 2.45) is 0 Å². The van der Waals surface area contributed by atoms with Gasteiger partial charge in [-0.25, -0.2) is 0 Å². The average Bonchev–Trinajstić information content (AvgIpc) is 3.21. The largest absolute Gasteiger partial charge is 0.497 e. The summed E-state index contributed by atoms with van der Waals surface area (Å²) in [5, 5.41) is 7.90. The lowest BCUT2D eigenvalue weighted by Gasteiger charge is -2.45. The van der Waals surface area contributed by atoms with Gasteiger partial charge in [0.2, 0.25) is 0 Å². The van der Waals surface area contributed by atoms with Crippen LogP contribution in [0.2, 0.25) is 5.02 Å². The smallest absolute Gasteiger partial charge is 0.417 e. The van der Waals surface area contributed by atoms with Crippen molar-refractivity contribution < 1.29 is 27.4 Å². The van der Waals surface area contributed by atoms with Crippen LogP contribution in [0.3, 0.4) is 0 Å². The van der Waals surface area contributed by atoms with Crippen LogP contribution in [0.4, 0.5) is 13.2 Å². The van der Waals surface area contributed by atoms with E-state index in [0.717, 1.165) is 6.07 Å². The molecule has 2 aromatic heterocycles. The molecule has 3 aromatic rings. The van der Waals surface area contributed by atoms with E-state index >= 15 is 0 Å². The van der Waals surface area contributed by atoms with Gasteiger partial charge in [-0.2, -0.15) is 13.2 Å². The standard InChI is InChI=1S/C21H17ClF3N5O3/c1-32-12-5-6-26-15(7-12)18-27-28-19-16-10-33-9-11(8-29(18)19)30(16)20(31)13-3-2-4-14(17(13)22)21(23,24)25/h2-7,11,16H,8-10H2,1H3/t11-,16-/m1/s1. The number of hydrogen-bond acceptors (Lipinski definition) is 6. The molecule has 1 amide bonds. The molecule has 0 aliphatic carbocycles. The summed E-state index contributed by atoms with van der Waals surface area (Å²) in [6.07, 6.45) is -3.08. The van der Waals surface area contributed by atoms with Crippen LogP contribution in [-0.4, -0.2) is 56.9 Å². The van der Waals surface area contributed by atoms with Crippen LogP contribution in [0.5, 0.6) is 5.75 Å². The SMILES string of the molecule is COc1ccnc(-c2nnc3n2C[C@@H]2COC[C@H]3N2C(=O)c2cccc(C(F)(F)F)c2Cl)c1.